The molecule has 0 radical (unpaired) electrons. The molecule has 0 unspecified atom stereocenters. The zero-order valence-corrected chi connectivity index (χ0v) is 7.18. The summed E-state index contributed by atoms with van der Waals surface area (Å²) in [6.45, 7) is 4.20. The van der Waals surface area contributed by atoms with Gasteiger partial charge in [0.1, 0.15) is 7.11 Å². The van der Waals surface area contributed by atoms with Gasteiger partial charge in [0.15, 0.2) is 0 Å². The number of hydrogen-bond donors (Lipinski definition) is 0. The molecule has 0 spiro atoms. The van der Waals surface area contributed by atoms with Gasteiger partial charge in [0.05, 0.1) is 5.71 Å². The fraction of sp³-hybridized carbons (Fsp3) is 0.875. The minimum absolute atomic E-state index is 1.07. The third kappa shape index (κ3) is 5.60. The standard InChI is InChI=1S/C8H17NO/c1-4-5-6-7-8(2)9-10-3/h4-7H2,1-3H3/b9-8-. The van der Waals surface area contributed by atoms with Crippen molar-refractivity contribution in [2.45, 2.75) is 39.5 Å². The van der Waals surface area contributed by atoms with E-state index in [4.69, 9.17) is 0 Å². The maximum Gasteiger partial charge on any atom is 0.106 e. The number of unbranched alkanes of at least 4 members (excludes halogenated alkanes) is 2. The number of oxime groups is 1. The van der Waals surface area contributed by atoms with Crippen molar-refractivity contribution in [2.75, 3.05) is 7.11 Å². The number of nitrogens with zero attached hydrogens (tertiary/aromatic N) is 1. The topological polar surface area (TPSA) is 21.6 Å². The summed E-state index contributed by atoms with van der Waals surface area (Å²) in [7, 11) is 1.59. The monoisotopic (exact) mass is 143 g/mol. The van der Waals surface area contributed by atoms with E-state index < -0.39 is 0 Å². The third-order valence-electron chi connectivity index (χ3n) is 1.39. The van der Waals surface area contributed by atoms with Crippen molar-refractivity contribution >= 4 is 5.71 Å². The van der Waals surface area contributed by atoms with Crippen LogP contribution in [0.5, 0.6) is 0 Å². The van der Waals surface area contributed by atoms with Crippen LogP contribution >= 0.6 is 0 Å². The summed E-state index contributed by atoms with van der Waals surface area (Å²) in [5, 5.41) is 3.81. The molecule has 0 heterocycles. The van der Waals surface area contributed by atoms with E-state index in [9.17, 15) is 0 Å². The van der Waals surface area contributed by atoms with E-state index in [1.54, 1.807) is 7.11 Å². The van der Waals surface area contributed by atoms with E-state index in [1.807, 2.05) is 6.92 Å². The van der Waals surface area contributed by atoms with Gasteiger partial charge in [0.25, 0.3) is 0 Å². The van der Waals surface area contributed by atoms with E-state index in [-0.39, 0.29) is 0 Å². The number of rotatable bonds is 5. The van der Waals surface area contributed by atoms with Crippen LogP contribution in [0.4, 0.5) is 0 Å². The SMILES string of the molecule is CCCCC/C(C)=N\OC. The molecule has 10 heavy (non-hydrogen) atoms. The highest BCUT2D eigenvalue weighted by molar-refractivity contribution is 5.81. The first-order chi connectivity index (χ1) is 4.81. The first-order valence-electron chi connectivity index (χ1n) is 3.88. The van der Waals surface area contributed by atoms with Gasteiger partial charge in [0, 0.05) is 0 Å². The Kier molecular flexibility index (Phi) is 6.24. The molecule has 0 saturated heterocycles. The van der Waals surface area contributed by atoms with Crippen LogP contribution in [0.3, 0.4) is 0 Å². The lowest BCUT2D eigenvalue weighted by Gasteiger charge is -1.96. The molecule has 0 bridgehead atoms. The van der Waals surface area contributed by atoms with Crippen LogP contribution in [0, 0.1) is 0 Å². The predicted molar refractivity (Wildman–Crippen MR) is 44.3 cm³/mol. The highest BCUT2D eigenvalue weighted by Crippen LogP contribution is 2.00. The Bertz CT molecular complexity index is 99.4. The van der Waals surface area contributed by atoms with Gasteiger partial charge in [-0.25, -0.2) is 0 Å². The molecular formula is C8H17NO. The van der Waals surface area contributed by atoms with Gasteiger partial charge >= 0.3 is 0 Å². The van der Waals surface area contributed by atoms with Crippen molar-refractivity contribution in [1.29, 1.82) is 0 Å². The largest absolute Gasteiger partial charge is 0.399 e. The van der Waals surface area contributed by atoms with Crippen molar-refractivity contribution < 1.29 is 4.84 Å². The lowest BCUT2D eigenvalue weighted by atomic mass is 10.1. The second kappa shape index (κ2) is 6.59. The van der Waals surface area contributed by atoms with Gasteiger partial charge in [-0.1, -0.05) is 24.9 Å². The Balaban J connectivity index is 3.21. The Morgan fingerprint density at radius 2 is 2.10 bits per heavy atom. The van der Waals surface area contributed by atoms with E-state index in [0.29, 0.717) is 0 Å². The molecule has 0 fully saturated rings. The third-order valence-corrected chi connectivity index (χ3v) is 1.39. The summed E-state index contributed by atoms with van der Waals surface area (Å²) in [5.74, 6) is 0. The highest BCUT2D eigenvalue weighted by atomic mass is 16.6. The van der Waals surface area contributed by atoms with Crippen LogP contribution in [-0.2, 0) is 4.84 Å². The minimum atomic E-state index is 1.07. The van der Waals surface area contributed by atoms with Crippen LogP contribution in [0.1, 0.15) is 39.5 Å². The van der Waals surface area contributed by atoms with Gasteiger partial charge < -0.3 is 4.84 Å². The molecule has 2 heteroatoms. The first-order valence-corrected chi connectivity index (χ1v) is 3.88. The maximum absolute atomic E-state index is 4.62. The van der Waals surface area contributed by atoms with Crippen molar-refractivity contribution in [3.63, 3.8) is 0 Å². The average molecular weight is 143 g/mol. The Morgan fingerprint density at radius 1 is 1.40 bits per heavy atom. The molecular weight excluding hydrogens is 126 g/mol. The van der Waals surface area contributed by atoms with Gasteiger partial charge in [-0.3, -0.25) is 0 Å². The molecule has 60 valence electrons. The summed E-state index contributed by atoms with van der Waals surface area (Å²) in [6.07, 6.45) is 4.85. The molecule has 0 rings (SSSR count). The summed E-state index contributed by atoms with van der Waals surface area (Å²) < 4.78 is 0. The molecule has 0 aliphatic rings. The second-order valence-electron chi connectivity index (χ2n) is 2.47. The van der Waals surface area contributed by atoms with E-state index in [2.05, 4.69) is 16.9 Å². The molecule has 0 atom stereocenters. The van der Waals surface area contributed by atoms with Gasteiger partial charge in [-0.05, 0) is 19.8 Å². The Morgan fingerprint density at radius 3 is 2.60 bits per heavy atom. The molecule has 0 aromatic carbocycles. The fourth-order valence-electron chi connectivity index (χ4n) is 0.832. The predicted octanol–water partition coefficient (Wildman–Crippen LogP) is 2.59. The van der Waals surface area contributed by atoms with Gasteiger partial charge in [-0.2, -0.15) is 0 Å². The van der Waals surface area contributed by atoms with Crippen LogP contribution in [-0.4, -0.2) is 12.8 Å². The molecule has 2 nitrogen and oxygen atoms in total. The molecule has 0 aliphatic heterocycles. The van der Waals surface area contributed by atoms with Crippen LogP contribution < -0.4 is 0 Å². The maximum atomic E-state index is 4.62. The normalized spacial score (nSPS) is 11.7. The lowest BCUT2D eigenvalue weighted by molar-refractivity contribution is 0.212. The summed E-state index contributed by atoms with van der Waals surface area (Å²) >= 11 is 0. The molecule has 0 aromatic rings. The minimum Gasteiger partial charge on any atom is -0.399 e. The van der Waals surface area contributed by atoms with Crippen LogP contribution in [0.15, 0.2) is 5.16 Å². The quantitative estimate of drug-likeness (QED) is 0.329. The molecule has 0 saturated carbocycles. The Hall–Kier alpha value is -0.530. The van der Waals surface area contributed by atoms with Crippen LogP contribution in [0.2, 0.25) is 0 Å². The van der Waals surface area contributed by atoms with Crippen molar-refractivity contribution in [3.8, 4) is 0 Å². The number of hydrogen-bond acceptors (Lipinski definition) is 2. The van der Waals surface area contributed by atoms with Gasteiger partial charge in [-0.15, -0.1) is 0 Å². The van der Waals surface area contributed by atoms with E-state index >= 15 is 0 Å². The second-order valence-corrected chi connectivity index (χ2v) is 2.47. The highest BCUT2D eigenvalue weighted by Gasteiger charge is 1.90. The van der Waals surface area contributed by atoms with E-state index in [0.717, 1.165) is 12.1 Å². The van der Waals surface area contributed by atoms with Crippen LogP contribution in [0.25, 0.3) is 0 Å². The zero-order chi connectivity index (χ0) is 7.82. The molecule has 0 amide bonds. The summed E-state index contributed by atoms with van der Waals surface area (Å²) in [4.78, 5) is 4.62. The summed E-state index contributed by atoms with van der Waals surface area (Å²) in [5.41, 5.74) is 1.09. The molecule has 0 aromatic heterocycles. The fourth-order valence-corrected chi connectivity index (χ4v) is 0.832. The van der Waals surface area contributed by atoms with Crippen molar-refractivity contribution in [2.24, 2.45) is 5.16 Å². The average Bonchev–Trinajstić information content (AvgIpc) is 1.89. The first kappa shape index (κ1) is 9.47. The Labute approximate surface area is 63.3 Å². The molecule has 0 N–H and O–H groups in total. The van der Waals surface area contributed by atoms with E-state index in [1.165, 1.54) is 19.3 Å². The smallest absolute Gasteiger partial charge is 0.106 e. The van der Waals surface area contributed by atoms with Crippen molar-refractivity contribution in [1.82, 2.24) is 0 Å². The zero-order valence-electron chi connectivity index (χ0n) is 7.18. The summed E-state index contributed by atoms with van der Waals surface area (Å²) in [6, 6.07) is 0. The lowest BCUT2D eigenvalue weighted by Crippen LogP contribution is -1.91. The molecule has 0 aliphatic carbocycles. The van der Waals surface area contributed by atoms with Gasteiger partial charge in [0.2, 0.25) is 0 Å². The van der Waals surface area contributed by atoms with Crippen molar-refractivity contribution in [3.05, 3.63) is 0 Å².